The van der Waals surface area contributed by atoms with Gasteiger partial charge < -0.3 is 9.72 Å². The van der Waals surface area contributed by atoms with Crippen molar-refractivity contribution in [3.8, 4) is 5.75 Å². The van der Waals surface area contributed by atoms with E-state index in [4.69, 9.17) is 4.74 Å². The van der Waals surface area contributed by atoms with Crippen LogP contribution in [0, 0.1) is 13.8 Å². The summed E-state index contributed by atoms with van der Waals surface area (Å²) >= 11 is 1.33. The van der Waals surface area contributed by atoms with Gasteiger partial charge in [0.2, 0.25) is 0 Å². The minimum absolute atomic E-state index is 0.307. The Balaban J connectivity index is 1.57. The summed E-state index contributed by atoms with van der Waals surface area (Å²) in [6.07, 6.45) is 0. The second-order valence-corrected chi connectivity index (χ2v) is 7.76. The Hall–Kier alpha value is -3.51. The third-order valence-electron chi connectivity index (χ3n) is 4.40. The lowest BCUT2D eigenvalue weighted by Gasteiger charge is -2.04. The number of hydrogen-bond acceptors (Lipinski definition) is 4. The molecule has 3 aromatic carbocycles. The summed E-state index contributed by atoms with van der Waals surface area (Å²) in [5, 5.41) is 0. The molecule has 0 bridgehead atoms. The lowest BCUT2D eigenvalue weighted by molar-refractivity contribution is 0.0734. The summed E-state index contributed by atoms with van der Waals surface area (Å²) in [4.78, 5) is 32.4. The Morgan fingerprint density at radius 2 is 1.48 bits per heavy atom. The van der Waals surface area contributed by atoms with Gasteiger partial charge in [0.1, 0.15) is 5.75 Å². The molecule has 0 spiro atoms. The van der Waals surface area contributed by atoms with Gasteiger partial charge in [-0.25, -0.2) is 4.79 Å². The summed E-state index contributed by atoms with van der Waals surface area (Å²) in [6.45, 7) is 3.93. The highest BCUT2D eigenvalue weighted by Crippen LogP contribution is 2.22. The van der Waals surface area contributed by atoms with Crippen molar-refractivity contribution in [2.24, 2.45) is 4.99 Å². The zero-order chi connectivity index (χ0) is 20.4. The van der Waals surface area contributed by atoms with Crippen molar-refractivity contribution in [3.05, 3.63) is 93.8 Å². The van der Waals surface area contributed by atoms with E-state index >= 15 is 0 Å². The minimum Gasteiger partial charge on any atom is -0.423 e. The number of amides is 1. The van der Waals surface area contributed by atoms with Gasteiger partial charge in [0.05, 0.1) is 15.8 Å². The Morgan fingerprint density at radius 3 is 2.14 bits per heavy atom. The second-order valence-electron chi connectivity index (χ2n) is 6.73. The first-order valence-corrected chi connectivity index (χ1v) is 9.87. The SMILES string of the molecule is Cc1ccc(C(=O)/N=c2/[nH]c3ccc(OC(=O)c4ccc(C)cc4)cc3s2)cc1. The molecule has 4 rings (SSSR count). The van der Waals surface area contributed by atoms with Crippen molar-refractivity contribution < 1.29 is 14.3 Å². The number of nitrogens with one attached hydrogen (secondary N) is 1. The molecule has 29 heavy (non-hydrogen) atoms. The standard InChI is InChI=1S/C23H18N2O3S/c1-14-3-7-16(8-4-14)21(26)25-23-24-19-12-11-18(13-20(19)29-23)28-22(27)17-9-5-15(2)6-10-17/h3-13H,1-2H3,(H,24,25,26). The molecule has 0 saturated carbocycles. The normalized spacial score (nSPS) is 11.6. The van der Waals surface area contributed by atoms with Crippen LogP contribution in [0.15, 0.2) is 71.7 Å². The molecule has 0 aliphatic heterocycles. The first-order valence-electron chi connectivity index (χ1n) is 9.05. The summed E-state index contributed by atoms with van der Waals surface area (Å²) in [5.41, 5.74) is 4.01. The maximum atomic E-state index is 12.3. The fraction of sp³-hybridized carbons (Fsp3) is 0.0870. The van der Waals surface area contributed by atoms with Gasteiger partial charge in [-0.05, 0) is 50.2 Å². The van der Waals surface area contributed by atoms with E-state index in [1.54, 1.807) is 42.5 Å². The van der Waals surface area contributed by atoms with Crippen LogP contribution in [0.4, 0.5) is 0 Å². The van der Waals surface area contributed by atoms with Crippen LogP contribution < -0.4 is 9.54 Å². The van der Waals surface area contributed by atoms with Gasteiger partial charge in [0.15, 0.2) is 4.80 Å². The number of carbonyl (C=O) groups excluding carboxylic acids is 2. The number of ether oxygens (including phenoxy) is 1. The number of hydrogen-bond donors (Lipinski definition) is 1. The van der Waals surface area contributed by atoms with Crippen LogP contribution in [-0.2, 0) is 0 Å². The predicted octanol–water partition coefficient (Wildman–Crippen LogP) is 4.81. The number of aryl methyl sites for hydroxylation is 2. The molecule has 1 heterocycles. The highest BCUT2D eigenvalue weighted by atomic mass is 32.1. The van der Waals surface area contributed by atoms with Crippen molar-refractivity contribution in [1.29, 1.82) is 0 Å². The molecule has 0 aliphatic carbocycles. The van der Waals surface area contributed by atoms with Crippen LogP contribution in [0.25, 0.3) is 10.2 Å². The first kappa shape index (κ1) is 18.8. The zero-order valence-corrected chi connectivity index (χ0v) is 16.7. The highest BCUT2D eigenvalue weighted by molar-refractivity contribution is 7.16. The van der Waals surface area contributed by atoms with Crippen molar-refractivity contribution in [1.82, 2.24) is 4.98 Å². The third kappa shape index (κ3) is 4.33. The van der Waals surface area contributed by atoms with E-state index in [9.17, 15) is 9.59 Å². The van der Waals surface area contributed by atoms with E-state index in [0.717, 1.165) is 21.3 Å². The molecule has 4 aromatic rings. The first-order chi connectivity index (χ1) is 14.0. The average molecular weight is 402 g/mol. The maximum Gasteiger partial charge on any atom is 0.343 e. The van der Waals surface area contributed by atoms with Gasteiger partial charge in [-0.3, -0.25) is 4.79 Å². The smallest absolute Gasteiger partial charge is 0.343 e. The molecule has 0 atom stereocenters. The number of aromatic nitrogens is 1. The van der Waals surface area contributed by atoms with Gasteiger partial charge in [0.25, 0.3) is 5.91 Å². The van der Waals surface area contributed by atoms with E-state index in [1.807, 2.05) is 38.1 Å². The quantitative estimate of drug-likeness (QED) is 0.395. The molecule has 144 valence electrons. The lowest BCUT2D eigenvalue weighted by atomic mass is 10.1. The number of thiazole rings is 1. The number of aromatic amines is 1. The van der Waals surface area contributed by atoms with Crippen LogP contribution in [0.3, 0.4) is 0 Å². The number of fused-ring (bicyclic) bond motifs is 1. The number of carbonyl (C=O) groups is 2. The summed E-state index contributed by atoms with van der Waals surface area (Å²) in [7, 11) is 0. The van der Waals surface area contributed by atoms with Crippen LogP contribution in [-0.4, -0.2) is 16.9 Å². The molecule has 1 amide bonds. The molecular weight excluding hydrogens is 384 g/mol. The molecular formula is C23H18N2O3S. The van der Waals surface area contributed by atoms with E-state index in [1.165, 1.54) is 11.3 Å². The number of rotatable bonds is 3. The summed E-state index contributed by atoms with van der Waals surface area (Å²) in [6, 6.07) is 19.8. The third-order valence-corrected chi connectivity index (χ3v) is 5.35. The van der Waals surface area contributed by atoms with Gasteiger partial charge in [0, 0.05) is 11.6 Å². The summed E-state index contributed by atoms with van der Waals surface area (Å²) in [5.74, 6) is -0.280. The van der Waals surface area contributed by atoms with Crippen LogP contribution in [0.2, 0.25) is 0 Å². The van der Waals surface area contributed by atoms with E-state index in [2.05, 4.69) is 9.98 Å². The fourth-order valence-corrected chi connectivity index (χ4v) is 3.66. The van der Waals surface area contributed by atoms with Gasteiger partial charge >= 0.3 is 5.97 Å². The Labute approximate surface area is 171 Å². The van der Waals surface area contributed by atoms with E-state index in [-0.39, 0.29) is 5.91 Å². The van der Waals surface area contributed by atoms with Gasteiger partial charge in [-0.15, -0.1) is 0 Å². The van der Waals surface area contributed by atoms with Crippen molar-refractivity contribution in [3.63, 3.8) is 0 Å². The Morgan fingerprint density at radius 1 is 0.862 bits per heavy atom. The zero-order valence-electron chi connectivity index (χ0n) is 15.9. The van der Waals surface area contributed by atoms with Crippen molar-refractivity contribution in [2.75, 3.05) is 0 Å². The second kappa shape index (κ2) is 7.85. The largest absolute Gasteiger partial charge is 0.423 e. The van der Waals surface area contributed by atoms with Crippen molar-refractivity contribution >= 4 is 33.4 Å². The Kier molecular flexibility index (Phi) is 5.10. The number of H-pyrrole nitrogens is 1. The number of benzene rings is 3. The van der Waals surface area contributed by atoms with E-state index < -0.39 is 5.97 Å². The van der Waals surface area contributed by atoms with Crippen LogP contribution in [0.5, 0.6) is 5.75 Å². The lowest BCUT2D eigenvalue weighted by Crippen LogP contribution is -2.08. The molecule has 5 nitrogen and oxygen atoms in total. The number of esters is 1. The topological polar surface area (TPSA) is 71.5 Å². The summed E-state index contributed by atoms with van der Waals surface area (Å²) < 4.78 is 6.32. The van der Waals surface area contributed by atoms with Crippen LogP contribution >= 0.6 is 11.3 Å². The fourth-order valence-electron chi connectivity index (χ4n) is 2.76. The Bertz CT molecular complexity index is 1270. The monoisotopic (exact) mass is 402 g/mol. The molecule has 0 fully saturated rings. The predicted molar refractivity (Wildman–Crippen MR) is 113 cm³/mol. The van der Waals surface area contributed by atoms with Gasteiger partial charge in [-0.1, -0.05) is 46.7 Å². The van der Waals surface area contributed by atoms with Gasteiger partial charge in [-0.2, -0.15) is 4.99 Å². The maximum absolute atomic E-state index is 12.3. The molecule has 0 aliphatic rings. The molecule has 0 radical (unpaired) electrons. The number of nitrogens with zero attached hydrogens (tertiary/aromatic N) is 1. The molecule has 6 heteroatoms. The molecule has 1 N–H and O–H groups in total. The molecule has 1 aromatic heterocycles. The average Bonchev–Trinajstić information content (AvgIpc) is 3.10. The molecule has 0 saturated heterocycles. The minimum atomic E-state index is -0.413. The van der Waals surface area contributed by atoms with E-state index in [0.29, 0.717) is 21.7 Å². The van der Waals surface area contributed by atoms with Crippen LogP contribution in [0.1, 0.15) is 31.8 Å². The highest BCUT2D eigenvalue weighted by Gasteiger charge is 2.10. The molecule has 0 unspecified atom stereocenters. The van der Waals surface area contributed by atoms with Crippen molar-refractivity contribution in [2.45, 2.75) is 13.8 Å².